The number of hydrogen-bond acceptors (Lipinski definition) is 6. The number of piperidine rings is 1. The molecule has 1 fully saturated rings. The van der Waals surface area contributed by atoms with E-state index in [1.807, 2.05) is 41.8 Å². The molecule has 1 aliphatic heterocycles. The summed E-state index contributed by atoms with van der Waals surface area (Å²) in [5.41, 5.74) is 1.76. The first-order valence-electron chi connectivity index (χ1n) is 11.0. The van der Waals surface area contributed by atoms with Crippen LogP contribution in [0.25, 0.3) is 0 Å². The number of esters is 1. The average molecular weight is 458 g/mol. The van der Waals surface area contributed by atoms with E-state index in [-0.39, 0.29) is 30.3 Å². The van der Waals surface area contributed by atoms with Crippen LogP contribution in [0.3, 0.4) is 0 Å². The molecule has 0 spiro atoms. The highest BCUT2D eigenvalue weighted by Crippen LogP contribution is 2.22. The van der Waals surface area contributed by atoms with Gasteiger partial charge in [0.25, 0.3) is 11.8 Å². The highest BCUT2D eigenvalue weighted by molar-refractivity contribution is 7.12. The molecular weight excluding hydrogens is 426 g/mol. The largest absolute Gasteiger partial charge is 0.455 e. The number of carbonyl (C=O) groups excluding carboxylic acids is 3. The molecule has 1 N–H and O–H groups in total. The second-order valence-electron chi connectivity index (χ2n) is 8.13. The Morgan fingerprint density at radius 1 is 1.16 bits per heavy atom. The number of carbonyl (C=O) groups is 3. The minimum absolute atomic E-state index is 0.00710. The summed E-state index contributed by atoms with van der Waals surface area (Å²) in [6.07, 6.45) is 1.09. The molecule has 0 radical (unpaired) electrons. The molecule has 2 amide bonds. The summed E-state index contributed by atoms with van der Waals surface area (Å²) in [5.74, 6) is -1.03. The fourth-order valence-corrected chi connectivity index (χ4v) is 4.60. The monoisotopic (exact) mass is 457 g/mol. The van der Waals surface area contributed by atoms with Crippen molar-refractivity contribution in [2.75, 3.05) is 36.5 Å². The lowest BCUT2D eigenvalue weighted by atomic mass is 9.97. The van der Waals surface area contributed by atoms with Crippen LogP contribution in [0.5, 0.6) is 0 Å². The van der Waals surface area contributed by atoms with Crippen molar-refractivity contribution in [3.05, 3.63) is 46.7 Å². The standard InChI is InChI=1S/C24H31N3O4S/c1-4-27(17(2)3)20-9-7-19(8-10-20)25-22(28)16-31-24(30)18-11-13-26(14-12-18)23(29)21-6-5-15-32-21/h5-10,15,17-18H,4,11-14,16H2,1-3H3,(H,25,28). The number of nitrogens with zero attached hydrogens (tertiary/aromatic N) is 2. The number of nitrogens with one attached hydrogen (secondary N) is 1. The molecule has 0 atom stereocenters. The Hall–Kier alpha value is -2.87. The van der Waals surface area contributed by atoms with E-state index in [9.17, 15) is 14.4 Å². The number of thiophene rings is 1. The fourth-order valence-electron chi connectivity index (χ4n) is 3.91. The third-order valence-corrected chi connectivity index (χ3v) is 6.50. The van der Waals surface area contributed by atoms with E-state index >= 15 is 0 Å². The van der Waals surface area contributed by atoms with Gasteiger partial charge in [-0.15, -0.1) is 11.3 Å². The van der Waals surface area contributed by atoms with Crippen LogP contribution in [-0.2, 0) is 14.3 Å². The normalized spacial score (nSPS) is 14.3. The molecule has 32 heavy (non-hydrogen) atoms. The third-order valence-electron chi connectivity index (χ3n) is 5.64. The minimum Gasteiger partial charge on any atom is -0.455 e. The lowest BCUT2D eigenvalue weighted by molar-refractivity contribution is -0.152. The summed E-state index contributed by atoms with van der Waals surface area (Å²) >= 11 is 1.42. The molecule has 1 aromatic heterocycles. The SMILES string of the molecule is CCN(c1ccc(NC(=O)COC(=O)C2CCN(C(=O)c3cccs3)CC2)cc1)C(C)C. The molecular formula is C24H31N3O4S. The van der Waals surface area contributed by atoms with Crippen molar-refractivity contribution in [1.29, 1.82) is 0 Å². The number of benzene rings is 1. The maximum Gasteiger partial charge on any atom is 0.309 e. The number of likely N-dealkylation sites (tertiary alicyclic amines) is 1. The third kappa shape index (κ3) is 6.09. The van der Waals surface area contributed by atoms with Crippen LogP contribution in [0, 0.1) is 5.92 Å². The van der Waals surface area contributed by atoms with Crippen LogP contribution >= 0.6 is 11.3 Å². The van der Waals surface area contributed by atoms with Crippen molar-refractivity contribution in [2.45, 2.75) is 39.7 Å². The van der Waals surface area contributed by atoms with E-state index in [2.05, 4.69) is 31.0 Å². The maximum absolute atomic E-state index is 12.4. The van der Waals surface area contributed by atoms with E-state index in [0.717, 1.165) is 12.2 Å². The summed E-state index contributed by atoms with van der Waals surface area (Å²) in [5, 5.41) is 4.64. The Bertz CT molecular complexity index is 904. The first-order chi connectivity index (χ1) is 15.4. The Labute approximate surface area is 193 Å². The predicted octanol–water partition coefficient (Wildman–Crippen LogP) is 4.02. The van der Waals surface area contributed by atoms with Gasteiger partial charge in [0.1, 0.15) is 0 Å². The Morgan fingerprint density at radius 2 is 1.84 bits per heavy atom. The molecule has 1 aromatic carbocycles. The van der Waals surface area contributed by atoms with Gasteiger partial charge in [-0.25, -0.2) is 0 Å². The number of anilines is 2. The summed E-state index contributed by atoms with van der Waals surface area (Å²) in [4.78, 5) is 41.7. The van der Waals surface area contributed by atoms with Crippen molar-refractivity contribution in [1.82, 2.24) is 4.90 Å². The second kappa shape index (κ2) is 11.1. The van der Waals surface area contributed by atoms with Gasteiger partial charge in [-0.3, -0.25) is 14.4 Å². The molecule has 0 bridgehead atoms. The molecule has 0 unspecified atom stereocenters. The summed E-state index contributed by atoms with van der Waals surface area (Å²) in [7, 11) is 0. The molecule has 3 rings (SSSR count). The molecule has 0 aliphatic carbocycles. The number of ether oxygens (including phenoxy) is 1. The Morgan fingerprint density at radius 3 is 2.41 bits per heavy atom. The number of rotatable bonds is 8. The molecule has 7 nitrogen and oxygen atoms in total. The fraction of sp³-hybridized carbons (Fsp3) is 0.458. The van der Waals surface area contributed by atoms with Gasteiger partial charge >= 0.3 is 5.97 Å². The Balaban J connectivity index is 1.41. The average Bonchev–Trinajstić information content (AvgIpc) is 3.33. The van der Waals surface area contributed by atoms with E-state index in [1.165, 1.54) is 11.3 Å². The van der Waals surface area contributed by atoms with Crippen LogP contribution in [0.4, 0.5) is 11.4 Å². The first kappa shape index (κ1) is 23.8. The van der Waals surface area contributed by atoms with Gasteiger partial charge in [0.15, 0.2) is 6.61 Å². The van der Waals surface area contributed by atoms with Crippen LogP contribution in [0.2, 0.25) is 0 Å². The predicted molar refractivity (Wildman–Crippen MR) is 127 cm³/mol. The van der Waals surface area contributed by atoms with Gasteiger partial charge in [-0.05, 0) is 69.3 Å². The molecule has 172 valence electrons. The molecule has 8 heteroatoms. The quantitative estimate of drug-likeness (QED) is 0.606. The van der Waals surface area contributed by atoms with Crippen LogP contribution < -0.4 is 10.2 Å². The van der Waals surface area contributed by atoms with E-state index in [0.29, 0.717) is 42.5 Å². The van der Waals surface area contributed by atoms with Crippen molar-refractivity contribution >= 4 is 40.5 Å². The Kier molecular flexibility index (Phi) is 8.27. The molecule has 1 aliphatic rings. The zero-order valence-corrected chi connectivity index (χ0v) is 19.7. The van der Waals surface area contributed by atoms with Crippen LogP contribution in [-0.4, -0.2) is 55.0 Å². The van der Waals surface area contributed by atoms with Crippen molar-refractivity contribution in [3.63, 3.8) is 0 Å². The van der Waals surface area contributed by atoms with E-state index in [4.69, 9.17) is 4.74 Å². The summed E-state index contributed by atoms with van der Waals surface area (Å²) < 4.78 is 5.23. The summed E-state index contributed by atoms with van der Waals surface area (Å²) in [6, 6.07) is 11.7. The minimum atomic E-state index is -0.380. The molecule has 0 saturated carbocycles. The zero-order chi connectivity index (χ0) is 23.1. The van der Waals surface area contributed by atoms with Crippen LogP contribution in [0.15, 0.2) is 41.8 Å². The van der Waals surface area contributed by atoms with Gasteiger partial charge in [-0.2, -0.15) is 0 Å². The highest BCUT2D eigenvalue weighted by atomic mass is 32.1. The van der Waals surface area contributed by atoms with Gasteiger partial charge in [0.2, 0.25) is 0 Å². The summed E-state index contributed by atoms with van der Waals surface area (Å²) in [6.45, 7) is 8.00. The molecule has 2 heterocycles. The van der Waals surface area contributed by atoms with Crippen molar-refractivity contribution < 1.29 is 19.1 Å². The van der Waals surface area contributed by atoms with Gasteiger partial charge < -0.3 is 19.9 Å². The lowest BCUT2D eigenvalue weighted by Crippen LogP contribution is -2.40. The highest BCUT2D eigenvalue weighted by Gasteiger charge is 2.29. The zero-order valence-electron chi connectivity index (χ0n) is 18.9. The van der Waals surface area contributed by atoms with Gasteiger partial charge in [0.05, 0.1) is 10.8 Å². The smallest absolute Gasteiger partial charge is 0.309 e. The van der Waals surface area contributed by atoms with E-state index in [1.54, 1.807) is 4.90 Å². The van der Waals surface area contributed by atoms with Crippen molar-refractivity contribution in [2.24, 2.45) is 5.92 Å². The second-order valence-corrected chi connectivity index (χ2v) is 9.07. The number of hydrogen-bond donors (Lipinski definition) is 1. The molecule has 2 aromatic rings. The van der Waals surface area contributed by atoms with Gasteiger partial charge in [0, 0.05) is 37.1 Å². The topological polar surface area (TPSA) is 79.0 Å². The first-order valence-corrected chi connectivity index (χ1v) is 11.9. The van der Waals surface area contributed by atoms with Crippen LogP contribution in [0.1, 0.15) is 43.3 Å². The maximum atomic E-state index is 12.4. The van der Waals surface area contributed by atoms with Crippen molar-refractivity contribution in [3.8, 4) is 0 Å². The van der Waals surface area contributed by atoms with E-state index < -0.39 is 0 Å². The molecule has 1 saturated heterocycles. The lowest BCUT2D eigenvalue weighted by Gasteiger charge is -2.30. The number of amides is 2. The van der Waals surface area contributed by atoms with Gasteiger partial charge in [-0.1, -0.05) is 6.07 Å².